The molecule has 90 valence electrons. The largest absolute Gasteiger partial charge is 0.478 e. The number of aryl methyl sites for hydroxylation is 1. The molecule has 0 bridgehead atoms. The summed E-state index contributed by atoms with van der Waals surface area (Å²) in [7, 11) is 0. The van der Waals surface area contributed by atoms with E-state index < -0.39 is 10.9 Å². The number of carboxylic acids is 1. The highest BCUT2D eigenvalue weighted by Crippen LogP contribution is 2.16. The van der Waals surface area contributed by atoms with Crippen molar-refractivity contribution in [1.29, 1.82) is 0 Å². The van der Waals surface area contributed by atoms with Gasteiger partial charge < -0.3 is 5.11 Å². The number of hydrogen-bond acceptors (Lipinski definition) is 3. The van der Waals surface area contributed by atoms with Gasteiger partial charge in [-0.25, -0.2) is 4.79 Å². The first-order valence-corrected chi connectivity index (χ1v) is 4.50. The van der Waals surface area contributed by atoms with E-state index in [4.69, 9.17) is 5.11 Å². The van der Waals surface area contributed by atoms with Crippen LogP contribution < -0.4 is 0 Å². The fraction of sp³-hybridized carbons (Fsp3) is 0.364. The van der Waals surface area contributed by atoms with Crippen molar-refractivity contribution < 1.29 is 14.8 Å². The predicted octanol–water partition coefficient (Wildman–Crippen LogP) is 3.26. The smallest absolute Gasteiger partial charge is 0.335 e. The second-order valence-electron chi connectivity index (χ2n) is 2.62. The Labute approximate surface area is 94.9 Å². The standard InChI is InChI=1S/C8H7NO4.C2H6.CH4/c1-5-2-6(8(10)11)4-7(3-5)9(12)13;1-2;/h2-4H,1H3,(H,10,11);1-2H3;1H4. The number of nitrogens with zero attached hydrogens (tertiary/aromatic N) is 1. The zero-order valence-corrected chi connectivity index (χ0v) is 8.85. The first-order valence-electron chi connectivity index (χ1n) is 4.50. The van der Waals surface area contributed by atoms with Gasteiger partial charge in [0.25, 0.3) is 5.69 Å². The Bertz CT molecular complexity index is 342. The zero-order chi connectivity index (χ0) is 12.0. The molecule has 0 saturated carbocycles. The van der Waals surface area contributed by atoms with E-state index in [0.29, 0.717) is 5.56 Å². The van der Waals surface area contributed by atoms with Crippen LogP contribution in [0.3, 0.4) is 0 Å². The van der Waals surface area contributed by atoms with Crippen molar-refractivity contribution in [3.8, 4) is 0 Å². The van der Waals surface area contributed by atoms with Crippen LogP contribution >= 0.6 is 0 Å². The number of aromatic carboxylic acids is 1. The minimum Gasteiger partial charge on any atom is -0.478 e. The Morgan fingerprint density at radius 2 is 1.81 bits per heavy atom. The van der Waals surface area contributed by atoms with Gasteiger partial charge in [0, 0.05) is 12.1 Å². The number of benzene rings is 1. The van der Waals surface area contributed by atoms with Crippen LogP contribution in [0.5, 0.6) is 0 Å². The van der Waals surface area contributed by atoms with E-state index in [1.165, 1.54) is 12.1 Å². The fourth-order valence-corrected chi connectivity index (χ4v) is 0.992. The van der Waals surface area contributed by atoms with Crippen molar-refractivity contribution >= 4 is 11.7 Å². The summed E-state index contributed by atoms with van der Waals surface area (Å²) >= 11 is 0. The molecule has 0 amide bonds. The van der Waals surface area contributed by atoms with Crippen molar-refractivity contribution in [2.45, 2.75) is 28.2 Å². The molecule has 0 aliphatic heterocycles. The van der Waals surface area contributed by atoms with Gasteiger partial charge in [-0.2, -0.15) is 0 Å². The maximum Gasteiger partial charge on any atom is 0.335 e. The molecule has 0 heterocycles. The van der Waals surface area contributed by atoms with Gasteiger partial charge in [-0.3, -0.25) is 10.1 Å². The highest BCUT2D eigenvalue weighted by Gasteiger charge is 2.11. The van der Waals surface area contributed by atoms with E-state index in [-0.39, 0.29) is 18.7 Å². The second-order valence-corrected chi connectivity index (χ2v) is 2.62. The summed E-state index contributed by atoms with van der Waals surface area (Å²) in [5, 5.41) is 18.9. The molecule has 0 atom stereocenters. The van der Waals surface area contributed by atoms with Gasteiger partial charge in [0.05, 0.1) is 10.5 Å². The molecule has 16 heavy (non-hydrogen) atoms. The first kappa shape index (κ1) is 16.5. The van der Waals surface area contributed by atoms with Crippen LogP contribution in [0.4, 0.5) is 5.69 Å². The summed E-state index contributed by atoms with van der Waals surface area (Å²) < 4.78 is 0. The van der Waals surface area contributed by atoms with Gasteiger partial charge in [0.1, 0.15) is 0 Å². The lowest BCUT2D eigenvalue weighted by atomic mass is 10.1. The third kappa shape index (κ3) is 4.54. The molecule has 0 saturated heterocycles. The van der Waals surface area contributed by atoms with Crippen molar-refractivity contribution in [1.82, 2.24) is 0 Å². The van der Waals surface area contributed by atoms with Crippen LogP contribution in [0.15, 0.2) is 18.2 Å². The summed E-state index contributed by atoms with van der Waals surface area (Å²) in [6.07, 6.45) is 0. The summed E-state index contributed by atoms with van der Waals surface area (Å²) in [4.78, 5) is 20.2. The molecule has 0 radical (unpaired) electrons. The molecular formula is C11H17NO4. The normalized spacial score (nSPS) is 8.19. The number of nitro benzene ring substituents is 1. The molecule has 0 unspecified atom stereocenters. The maximum absolute atomic E-state index is 10.5. The quantitative estimate of drug-likeness (QED) is 0.621. The minimum absolute atomic E-state index is 0. The zero-order valence-electron chi connectivity index (χ0n) is 8.85. The number of carbonyl (C=O) groups is 1. The first-order chi connectivity index (χ1) is 7.00. The van der Waals surface area contributed by atoms with Crippen LogP contribution in [0.2, 0.25) is 0 Å². The molecule has 1 N–H and O–H groups in total. The number of rotatable bonds is 2. The van der Waals surface area contributed by atoms with Crippen molar-refractivity contribution in [3.63, 3.8) is 0 Å². The predicted molar refractivity (Wildman–Crippen MR) is 62.9 cm³/mol. The average molecular weight is 227 g/mol. The Morgan fingerprint density at radius 1 is 1.31 bits per heavy atom. The Hall–Kier alpha value is -1.91. The SMILES string of the molecule is C.CC.Cc1cc(C(=O)O)cc([N+](=O)[O-])c1. The molecule has 0 spiro atoms. The van der Waals surface area contributed by atoms with Gasteiger partial charge in [-0.1, -0.05) is 21.3 Å². The molecule has 5 nitrogen and oxygen atoms in total. The molecule has 1 rings (SSSR count). The number of hydrogen-bond donors (Lipinski definition) is 1. The van der Waals surface area contributed by atoms with Gasteiger partial charge in [-0.05, 0) is 18.6 Å². The van der Waals surface area contributed by atoms with Gasteiger partial charge >= 0.3 is 5.97 Å². The minimum atomic E-state index is -1.16. The average Bonchev–Trinajstić information content (AvgIpc) is 2.19. The van der Waals surface area contributed by atoms with E-state index in [1.807, 2.05) is 13.8 Å². The molecule has 5 heteroatoms. The lowest BCUT2D eigenvalue weighted by Crippen LogP contribution is -1.98. The van der Waals surface area contributed by atoms with E-state index in [9.17, 15) is 14.9 Å². The number of nitro groups is 1. The third-order valence-electron chi connectivity index (χ3n) is 1.52. The monoisotopic (exact) mass is 227 g/mol. The fourth-order valence-electron chi connectivity index (χ4n) is 0.992. The molecule has 1 aromatic carbocycles. The Kier molecular flexibility index (Phi) is 7.63. The highest BCUT2D eigenvalue weighted by atomic mass is 16.6. The summed E-state index contributed by atoms with van der Waals surface area (Å²) in [6, 6.07) is 3.75. The molecule has 0 aliphatic rings. The number of carboxylic acid groups (broad SMARTS) is 1. The topological polar surface area (TPSA) is 80.4 Å². The van der Waals surface area contributed by atoms with Crippen molar-refractivity contribution in [2.75, 3.05) is 0 Å². The van der Waals surface area contributed by atoms with Crippen LogP contribution in [0.1, 0.15) is 37.2 Å². The van der Waals surface area contributed by atoms with Gasteiger partial charge in [0.15, 0.2) is 0 Å². The van der Waals surface area contributed by atoms with Gasteiger partial charge in [0.2, 0.25) is 0 Å². The van der Waals surface area contributed by atoms with E-state index >= 15 is 0 Å². The maximum atomic E-state index is 10.5. The lowest BCUT2D eigenvalue weighted by Gasteiger charge is -1.97. The van der Waals surface area contributed by atoms with E-state index in [0.717, 1.165) is 6.07 Å². The second kappa shape index (κ2) is 7.39. The van der Waals surface area contributed by atoms with E-state index in [2.05, 4.69) is 0 Å². The molecule has 1 aromatic rings. The molecular weight excluding hydrogens is 210 g/mol. The van der Waals surface area contributed by atoms with Crippen LogP contribution in [-0.4, -0.2) is 16.0 Å². The van der Waals surface area contributed by atoms with Crippen molar-refractivity contribution in [3.05, 3.63) is 39.4 Å². The van der Waals surface area contributed by atoms with Crippen molar-refractivity contribution in [2.24, 2.45) is 0 Å². The molecule has 0 aromatic heterocycles. The van der Waals surface area contributed by atoms with Crippen LogP contribution in [-0.2, 0) is 0 Å². The number of non-ortho nitro benzene ring substituents is 1. The van der Waals surface area contributed by atoms with Crippen LogP contribution in [0.25, 0.3) is 0 Å². The van der Waals surface area contributed by atoms with Crippen LogP contribution in [0, 0.1) is 17.0 Å². The lowest BCUT2D eigenvalue weighted by molar-refractivity contribution is -0.384. The summed E-state index contributed by atoms with van der Waals surface area (Å²) in [6.45, 7) is 5.61. The molecule has 0 aliphatic carbocycles. The summed E-state index contributed by atoms with van der Waals surface area (Å²) in [5.41, 5.74) is 0.302. The highest BCUT2D eigenvalue weighted by molar-refractivity contribution is 5.88. The van der Waals surface area contributed by atoms with E-state index in [1.54, 1.807) is 6.92 Å². The Morgan fingerprint density at radius 3 is 2.19 bits per heavy atom. The summed E-state index contributed by atoms with van der Waals surface area (Å²) in [5.74, 6) is -1.16. The third-order valence-corrected chi connectivity index (χ3v) is 1.52. The molecule has 0 fully saturated rings. The van der Waals surface area contributed by atoms with Gasteiger partial charge in [-0.15, -0.1) is 0 Å². The Balaban J connectivity index is 0.